The minimum absolute atomic E-state index is 0.686. The molecule has 0 amide bonds. The lowest BCUT2D eigenvalue weighted by Gasteiger charge is -2.29. The molecule has 108 valence electrons. The third-order valence-corrected chi connectivity index (χ3v) is 4.36. The summed E-state index contributed by atoms with van der Waals surface area (Å²) in [6, 6.07) is 1.43. The smallest absolute Gasteiger partial charge is 0.0589 e. The van der Waals surface area contributed by atoms with E-state index < -0.39 is 0 Å². The van der Waals surface area contributed by atoms with Crippen LogP contribution in [0.5, 0.6) is 0 Å². The predicted molar refractivity (Wildman–Crippen MR) is 78.0 cm³/mol. The third-order valence-electron chi connectivity index (χ3n) is 4.36. The van der Waals surface area contributed by atoms with E-state index in [4.69, 9.17) is 4.74 Å². The van der Waals surface area contributed by atoms with Crippen molar-refractivity contribution in [2.24, 2.45) is 5.92 Å². The number of methoxy groups -OCH3 is 1. The molecule has 0 bridgehead atoms. The number of hydrogen-bond donors (Lipinski definition) is 1. The summed E-state index contributed by atoms with van der Waals surface area (Å²) in [6.07, 6.45) is 6.66. The van der Waals surface area contributed by atoms with Crippen molar-refractivity contribution < 1.29 is 4.74 Å². The summed E-state index contributed by atoms with van der Waals surface area (Å²) >= 11 is 0. The summed E-state index contributed by atoms with van der Waals surface area (Å²) in [5, 5.41) is 3.39. The maximum atomic E-state index is 5.24. The van der Waals surface area contributed by atoms with Crippen LogP contribution >= 0.6 is 0 Å². The monoisotopic (exact) mass is 256 g/mol. The molecule has 3 nitrogen and oxygen atoms in total. The summed E-state index contributed by atoms with van der Waals surface area (Å²) in [5.41, 5.74) is 0. The van der Waals surface area contributed by atoms with Gasteiger partial charge in [0, 0.05) is 25.7 Å². The first kappa shape index (κ1) is 15.9. The standard InChI is InChI=1S/C15H32N2O/c1-5-15(16-3)7-6-10-17(11-12-18-4)13(2)14-8-9-14/h13-16H,5-12H2,1-4H3. The Kier molecular flexibility index (Phi) is 7.87. The largest absolute Gasteiger partial charge is 0.383 e. The highest BCUT2D eigenvalue weighted by Crippen LogP contribution is 2.35. The number of hydrogen-bond acceptors (Lipinski definition) is 3. The molecule has 0 radical (unpaired) electrons. The van der Waals surface area contributed by atoms with Crippen LogP contribution in [0.2, 0.25) is 0 Å². The van der Waals surface area contributed by atoms with Crippen LogP contribution in [0.4, 0.5) is 0 Å². The van der Waals surface area contributed by atoms with E-state index in [2.05, 4.69) is 31.1 Å². The van der Waals surface area contributed by atoms with Crippen molar-refractivity contribution in [1.29, 1.82) is 0 Å². The van der Waals surface area contributed by atoms with Crippen LogP contribution in [-0.4, -0.2) is 50.8 Å². The van der Waals surface area contributed by atoms with Crippen LogP contribution in [0.15, 0.2) is 0 Å². The van der Waals surface area contributed by atoms with Crippen LogP contribution in [0.3, 0.4) is 0 Å². The molecule has 18 heavy (non-hydrogen) atoms. The van der Waals surface area contributed by atoms with E-state index in [1.165, 1.54) is 38.6 Å². The zero-order chi connectivity index (χ0) is 13.4. The van der Waals surface area contributed by atoms with Gasteiger partial charge in [0.1, 0.15) is 0 Å². The SMILES string of the molecule is CCC(CCCN(CCOC)C(C)C1CC1)NC. The van der Waals surface area contributed by atoms with E-state index >= 15 is 0 Å². The van der Waals surface area contributed by atoms with Gasteiger partial charge in [0.25, 0.3) is 0 Å². The van der Waals surface area contributed by atoms with Gasteiger partial charge in [-0.25, -0.2) is 0 Å². The van der Waals surface area contributed by atoms with Crippen LogP contribution in [0, 0.1) is 5.92 Å². The fourth-order valence-electron chi connectivity index (χ4n) is 2.70. The number of nitrogens with zero attached hydrogens (tertiary/aromatic N) is 1. The number of rotatable bonds is 11. The molecular weight excluding hydrogens is 224 g/mol. The highest BCUT2D eigenvalue weighted by Gasteiger charge is 2.31. The van der Waals surface area contributed by atoms with Gasteiger partial charge in [-0.05, 0) is 58.5 Å². The van der Waals surface area contributed by atoms with Crippen molar-refractivity contribution >= 4 is 0 Å². The molecule has 1 aliphatic carbocycles. The second-order valence-corrected chi connectivity index (χ2v) is 5.64. The highest BCUT2D eigenvalue weighted by atomic mass is 16.5. The van der Waals surface area contributed by atoms with E-state index in [0.717, 1.165) is 25.1 Å². The first-order valence-corrected chi connectivity index (χ1v) is 7.63. The van der Waals surface area contributed by atoms with Crippen molar-refractivity contribution in [2.45, 2.75) is 58.0 Å². The molecule has 0 aromatic carbocycles. The Labute approximate surface area is 113 Å². The van der Waals surface area contributed by atoms with Crippen molar-refractivity contribution in [3.05, 3.63) is 0 Å². The minimum atomic E-state index is 0.686. The van der Waals surface area contributed by atoms with E-state index in [-0.39, 0.29) is 0 Å². The molecule has 2 atom stereocenters. The lowest BCUT2D eigenvalue weighted by Crippen LogP contribution is -2.38. The molecule has 3 heteroatoms. The average Bonchev–Trinajstić information content (AvgIpc) is 3.22. The van der Waals surface area contributed by atoms with Gasteiger partial charge in [0.05, 0.1) is 6.61 Å². The first-order chi connectivity index (χ1) is 8.72. The molecule has 0 aliphatic heterocycles. The summed E-state index contributed by atoms with van der Waals surface area (Å²) in [6.45, 7) is 7.82. The van der Waals surface area contributed by atoms with E-state index in [1.54, 1.807) is 7.11 Å². The third kappa shape index (κ3) is 5.68. The molecule has 0 aromatic heterocycles. The van der Waals surface area contributed by atoms with Crippen LogP contribution < -0.4 is 5.32 Å². The Morgan fingerprint density at radius 1 is 1.33 bits per heavy atom. The van der Waals surface area contributed by atoms with Gasteiger partial charge in [-0.1, -0.05) is 6.92 Å². The molecule has 1 fully saturated rings. The zero-order valence-electron chi connectivity index (χ0n) is 12.7. The molecular formula is C15H32N2O. The van der Waals surface area contributed by atoms with Crippen molar-refractivity contribution in [1.82, 2.24) is 10.2 Å². The summed E-state index contributed by atoms with van der Waals surface area (Å²) < 4.78 is 5.24. The Morgan fingerprint density at radius 2 is 2.06 bits per heavy atom. The van der Waals surface area contributed by atoms with Crippen LogP contribution in [0.25, 0.3) is 0 Å². The Hall–Kier alpha value is -0.120. The lowest BCUT2D eigenvalue weighted by atomic mass is 10.1. The van der Waals surface area contributed by atoms with Crippen molar-refractivity contribution in [3.63, 3.8) is 0 Å². The normalized spacial score (nSPS) is 19.2. The van der Waals surface area contributed by atoms with Crippen LogP contribution in [0.1, 0.15) is 46.0 Å². The number of ether oxygens (including phenoxy) is 1. The molecule has 0 spiro atoms. The molecule has 0 saturated heterocycles. The maximum absolute atomic E-state index is 5.24. The summed E-state index contributed by atoms with van der Waals surface area (Å²) in [7, 11) is 3.87. The van der Waals surface area contributed by atoms with E-state index in [1.807, 2.05) is 0 Å². The van der Waals surface area contributed by atoms with Gasteiger partial charge >= 0.3 is 0 Å². The number of nitrogens with one attached hydrogen (secondary N) is 1. The summed E-state index contributed by atoms with van der Waals surface area (Å²) in [4.78, 5) is 2.63. The minimum Gasteiger partial charge on any atom is -0.383 e. The Morgan fingerprint density at radius 3 is 2.56 bits per heavy atom. The second-order valence-electron chi connectivity index (χ2n) is 5.64. The fraction of sp³-hybridized carbons (Fsp3) is 1.00. The van der Waals surface area contributed by atoms with Crippen molar-refractivity contribution in [2.75, 3.05) is 33.9 Å². The van der Waals surface area contributed by atoms with Crippen LogP contribution in [-0.2, 0) is 4.74 Å². The summed E-state index contributed by atoms with van der Waals surface area (Å²) in [5.74, 6) is 0.952. The quantitative estimate of drug-likeness (QED) is 0.615. The molecule has 1 N–H and O–H groups in total. The molecule has 1 aliphatic rings. The first-order valence-electron chi connectivity index (χ1n) is 7.63. The Bertz CT molecular complexity index is 203. The second kappa shape index (κ2) is 8.89. The zero-order valence-corrected chi connectivity index (χ0v) is 12.7. The van der Waals surface area contributed by atoms with E-state index in [0.29, 0.717) is 6.04 Å². The molecule has 2 unspecified atom stereocenters. The van der Waals surface area contributed by atoms with Gasteiger partial charge in [0.15, 0.2) is 0 Å². The van der Waals surface area contributed by atoms with Gasteiger partial charge in [0.2, 0.25) is 0 Å². The predicted octanol–water partition coefficient (Wildman–Crippen LogP) is 2.51. The molecule has 1 saturated carbocycles. The lowest BCUT2D eigenvalue weighted by molar-refractivity contribution is 0.114. The average molecular weight is 256 g/mol. The van der Waals surface area contributed by atoms with E-state index in [9.17, 15) is 0 Å². The topological polar surface area (TPSA) is 24.5 Å². The van der Waals surface area contributed by atoms with Gasteiger partial charge in [-0.15, -0.1) is 0 Å². The highest BCUT2D eigenvalue weighted by molar-refractivity contribution is 4.85. The molecule has 0 heterocycles. The van der Waals surface area contributed by atoms with Gasteiger partial charge in [-0.2, -0.15) is 0 Å². The molecule has 0 aromatic rings. The van der Waals surface area contributed by atoms with Gasteiger partial charge < -0.3 is 10.1 Å². The fourth-order valence-corrected chi connectivity index (χ4v) is 2.70. The molecule has 1 rings (SSSR count). The Balaban J connectivity index is 2.26. The van der Waals surface area contributed by atoms with Gasteiger partial charge in [-0.3, -0.25) is 4.90 Å². The maximum Gasteiger partial charge on any atom is 0.0589 e. The van der Waals surface area contributed by atoms with Crippen molar-refractivity contribution in [3.8, 4) is 0 Å².